The van der Waals surface area contributed by atoms with Gasteiger partial charge in [-0.05, 0) is 18.2 Å². The first-order valence-corrected chi connectivity index (χ1v) is 5.25. The third kappa shape index (κ3) is 1.62. The molecule has 0 bridgehead atoms. The monoisotopic (exact) mass is 234 g/mol. The molecule has 1 atom stereocenters. The van der Waals surface area contributed by atoms with E-state index in [0.29, 0.717) is 16.8 Å². The van der Waals surface area contributed by atoms with Crippen LogP contribution in [0.25, 0.3) is 11.1 Å². The molecular formula is C11H10N2O4. The second kappa shape index (κ2) is 3.46. The van der Waals surface area contributed by atoms with Gasteiger partial charge in [0.25, 0.3) is 0 Å². The molecule has 0 aliphatic carbocycles. The van der Waals surface area contributed by atoms with E-state index < -0.39 is 11.9 Å². The lowest BCUT2D eigenvalue weighted by atomic mass is 10.2. The van der Waals surface area contributed by atoms with E-state index in [-0.39, 0.29) is 18.9 Å². The van der Waals surface area contributed by atoms with Crippen LogP contribution in [-0.2, 0) is 4.79 Å². The van der Waals surface area contributed by atoms with Crippen LogP contribution < -0.4 is 10.7 Å². The second-order valence-corrected chi connectivity index (χ2v) is 4.06. The van der Waals surface area contributed by atoms with E-state index >= 15 is 0 Å². The molecule has 6 heteroatoms. The molecule has 6 nitrogen and oxygen atoms in total. The van der Waals surface area contributed by atoms with Gasteiger partial charge < -0.3 is 14.4 Å². The van der Waals surface area contributed by atoms with Gasteiger partial charge in [-0.25, -0.2) is 4.79 Å². The highest BCUT2D eigenvalue weighted by molar-refractivity contribution is 5.97. The van der Waals surface area contributed by atoms with Crippen LogP contribution in [0.1, 0.15) is 6.42 Å². The maximum Gasteiger partial charge on any atom is 0.417 e. The van der Waals surface area contributed by atoms with Crippen molar-refractivity contribution in [2.24, 2.45) is 0 Å². The summed E-state index contributed by atoms with van der Waals surface area (Å²) in [5.74, 6) is -0.646. The molecular weight excluding hydrogens is 224 g/mol. The lowest BCUT2D eigenvalue weighted by molar-refractivity contribution is -0.117. The number of carbonyl (C=O) groups excluding carboxylic acids is 1. The third-order valence-electron chi connectivity index (χ3n) is 2.82. The number of carbonyl (C=O) groups is 1. The van der Waals surface area contributed by atoms with Crippen molar-refractivity contribution in [1.29, 1.82) is 0 Å². The smallest absolute Gasteiger partial charge is 0.408 e. The third-order valence-corrected chi connectivity index (χ3v) is 2.82. The van der Waals surface area contributed by atoms with Crippen LogP contribution >= 0.6 is 0 Å². The standard InChI is InChI=1S/C11H10N2O4/c14-7-4-10(15)13(5-7)6-1-2-9-8(3-6)12-11(16)17-9/h1-3,7,14H,4-5H2,(H,12,16). The largest absolute Gasteiger partial charge is 0.417 e. The lowest BCUT2D eigenvalue weighted by Gasteiger charge is -2.15. The number of benzene rings is 1. The van der Waals surface area contributed by atoms with Gasteiger partial charge in [-0.3, -0.25) is 9.78 Å². The van der Waals surface area contributed by atoms with Crippen molar-refractivity contribution in [3.63, 3.8) is 0 Å². The van der Waals surface area contributed by atoms with Crippen molar-refractivity contribution in [2.75, 3.05) is 11.4 Å². The summed E-state index contributed by atoms with van der Waals surface area (Å²) >= 11 is 0. The number of β-amino-alcohol motifs (C(OH)–C–C–N with tert-alkyl or cyclic N) is 1. The molecule has 1 aromatic carbocycles. The summed E-state index contributed by atoms with van der Waals surface area (Å²) < 4.78 is 4.87. The molecule has 0 saturated carbocycles. The Hall–Kier alpha value is -2.08. The maximum atomic E-state index is 11.6. The molecule has 17 heavy (non-hydrogen) atoms. The van der Waals surface area contributed by atoms with E-state index in [4.69, 9.17) is 4.42 Å². The zero-order valence-corrected chi connectivity index (χ0v) is 8.84. The van der Waals surface area contributed by atoms with Gasteiger partial charge in [0, 0.05) is 5.69 Å². The molecule has 1 aliphatic heterocycles. The average Bonchev–Trinajstić information content (AvgIpc) is 2.78. The Morgan fingerprint density at radius 1 is 1.41 bits per heavy atom. The number of anilines is 1. The van der Waals surface area contributed by atoms with Gasteiger partial charge in [0.15, 0.2) is 5.58 Å². The van der Waals surface area contributed by atoms with Crippen LogP contribution in [-0.4, -0.2) is 28.6 Å². The van der Waals surface area contributed by atoms with Gasteiger partial charge in [-0.1, -0.05) is 0 Å². The molecule has 1 aromatic heterocycles. The van der Waals surface area contributed by atoms with E-state index in [1.165, 1.54) is 4.90 Å². The molecule has 1 saturated heterocycles. The van der Waals surface area contributed by atoms with E-state index in [9.17, 15) is 14.7 Å². The van der Waals surface area contributed by atoms with Crippen LogP contribution in [0.3, 0.4) is 0 Å². The highest BCUT2D eigenvalue weighted by atomic mass is 16.4. The summed E-state index contributed by atoms with van der Waals surface area (Å²) in [5, 5.41) is 9.41. The Morgan fingerprint density at radius 3 is 2.94 bits per heavy atom. The Morgan fingerprint density at radius 2 is 2.24 bits per heavy atom. The number of H-pyrrole nitrogens is 1. The second-order valence-electron chi connectivity index (χ2n) is 4.06. The first-order chi connectivity index (χ1) is 8.13. The van der Waals surface area contributed by atoms with Crippen molar-refractivity contribution < 1.29 is 14.3 Å². The van der Waals surface area contributed by atoms with Gasteiger partial charge in [0.05, 0.1) is 24.6 Å². The molecule has 1 unspecified atom stereocenters. The zero-order valence-electron chi connectivity index (χ0n) is 8.84. The molecule has 1 aliphatic rings. The van der Waals surface area contributed by atoms with Gasteiger partial charge in [0.1, 0.15) is 0 Å². The molecule has 0 radical (unpaired) electrons. The summed E-state index contributed by atoms with van der Waals surface area (Å²) in [5.41, 5.74) is 1.64. The number of aliphatic hydroxyl groups excluding tert-OH is 1. The number of hydrogen-bond acceptors (Lipinski definition) is 4. The number of aromatic nitrogens is 1. The van der Waals surface area contributed by atoms with Gasteiger partial charge in [-0.2, -0.15) is 0 Å². The van der Waals surface area contributed by atoms with Gasteiger partial charge in [-0.15, -0.1) is 0 Å². The van der Waals surface area contributed by atoms with Crippen LogP contribution in [0.2, 0.25) is 0 Å². The Bertz CT molecular complexity index is 642. The highest BCUT2D eigenvalue weighted by Crippen LogP contribution is 2.24. The molecule has 3 rings (SSSR count). The quantitative estimate of drug-likeness (QED) is 0.738. The van der Waals surface area contributed by atoms with E-state index in [2.05, 4.69) is 4.98 Å². The number of rotatable bonds is 1. The van der Waals surface area contributed by atoms with Crippen molar-refractivity contribution >= 4 is 22.7 Å². The van der Waals surface area contributed by atoms with Crippen LogP contribution in [0, 0.1) is 0 Å². The Labute approximate surface area is 95.5 Å². The van der Waals surface area contributed by atoms with Crippen LogP contribution in [0.15, 0.2) is 27.4 Å². The minimum atomic E-state index is -0.624. The first kappa shape index (κ1) is 10.1. The molecule has 2 heterocycles. The zero-order chi connectivity index (χ0) is 12.0. The number of fused-ring (bicyclic) bond motifs is 1. The van der Waals surface area contributed by atoms with Crippen LogP contribution in [0.5, 0.6) is 0 Å². The summed E-state index contributed by atoms with van der Waals surface area (Å²) in [6.45, 7) is 0.284. The molecule has 0 spiro atoms. The fourth-order valence-corrected chi connectivity index (χ4v) is 2.05. The van der Waals surface area contributed by atoms with E-state index in [0.717, 1.165) is 0 Å². The summed E-state index contributed by atoms with van der Waals surface area (Å²) in [4.78, 5) is 26.6. The first-order valence-electron chi connectivity index (χ1n) is 5.25. The molecule has 1 amide bonds. The molecule has 2 N–H and O–H groups in total. The Kier molecular flexibility index (Phi) is 2.05. The molecule has 2 aromatic rings. The lowest BCUT2D eigenvalue weighted by Crippen LogP contribution is -2.25. The average molecular weight is 234 g/mol. The van der Waals surface area contributed by atoms with Crippen molar-refractivity contribution in [2.45, 2.75) is 12.5 Å². The normalized spacial score (nSPS) is 20.4. The number of nitrogens with one attached hydrogen (secondary N) is 1. The Balaban J connectivity index is 2.06. The van der Waals surface area contributed by atoms with Crippen LogP contribution in [0.4, 0.5) is 5.69 Å². The minimum Gasteiger partial charge on any atom is -0.408 e. The summed E-state index contributed by atoms with van der Waals surface area (Å²) in [6, 6.07) is 4.98. The van der Waals surface area contributed by atoms with Crippen molar-refractivity contribution in [3.05, 3.63) is 28.7 Å². The van der Waals surface area contributed by atoms with E-state index in [1.54, 1.807) is 18.2 Å². The fourth-order valence-electron chi connectivity index (χ4n) is 2.05. The van der Waals surface area contributed by atoms with Gasteiger partial charge >= 0.3 is 5.76 Å². The predicted molar refractivity (Wildman–Crippen MR) is 59.8 cm³/mol. The summed E-state index contributed by atoms with van der Waals surface area (Å²) in [7, 11) is 0. The fraction of sp³-hybridized carbons (Fsp3) is 0.273. The number of aromatic amines is 1. The summed E-state index contributed by atoms with van der Waals surface area (Å²) in [6.07, 6.45) is -0.485. The highest BCUT2D eigenvalue weighted by Gasteiger charge is 2.29. The minimum absolute atomic E-state index is 0.123. The number of amides is 1. The maximum absolute atomic E-state index is 11.6. The van der Waals surface area contributed by atoms with Gasteiger partial charge in [0.2, 0.25) is 5.91 Å². The SMILES string of the molecule is O=C1CC(O)CN1c1ccc2oc(=O)[nH]c2c1. The predicted octanol–water partition coefficient (Wildman–Crippen LogP) is 0.219. The van der Waals surface area contributed by atoms with E-state index in [1.807, 2.05) is 0 Å². The number of oxazole rings is 1. The number of hydrogen-bond donors (Lipinski definition) is 2. The molecule has 1 fully saturated rings. The number of nitrogens with zero attached hydrogens (tertiary/aromatic N) is 1. The van der Waals surface area contributed by atoms with Crippen molar-refractivity contribution in [1.82, 2.24) is 4.98 Å². The molecule has 88 valence electrons. The number of aliphatic hydroxyl groups is 1. The topological polar surface area (TPSA) is 86.5 Å². The van der Waals surface area contributed by atoms with Crippen molar-refractivity contribution in [3.8, 4) is 0 Å².